The Morgan fingerprint density at radius 2 is 1.80 bits per heavy atom. The van der Waals surface area contributed by atoms with Crippen LogP contribution in [0.2, 0.25) is 0 Å². The van der Waals surface area contributed by atoms with Crippen LogP contribution in [-0.2, 0) is 13.1 Å². The molecule has 0 unspecified atom stereocenters. The molecular weight excluding hydrogens is 310 g/mol. The first kappa shape index (κ1) is 17.6. The van der Waals surface area contributed by atoms with Gasteiger partial charge in [-0.05, 0) is 41.5 Å². The van der Waals surface area contributed by atoms with Crippen molar-refractivity contribution in [1.82, 2.24) is 15.2 Å². The Hall–Kier alpha value is -2.20. The fraction of sp³-hybridized carbons (Fsp3) is 0.429. The zero-order valence-electron chi connectivity index (χ0n) is 15.1. The molecule has 1 aliphatic heterocycles. The molecule has 25 heavy (non-hydrogen) atoms. The van der Waals surface area contributed by atoms with E-state index in [2.05, 4.69) is 53.3 Å². The predicted octanol–water partition coefficient (Wildman–Crippen LogP) is 3.49. The number of piperidine rings is 1. The number of pyridine rings is 1. The van der Waals surface area contributed by atoms with E-state index in [4.69, 9.17) is 0 Å². The number of benzene rings is 1. The van der Waals surface area contributed by atoms with Crippen molar-refractivity contribution >= 4 is 5.91 Å². The third kappa shape index (κ3) is 5.13. The quantitative estimate of drug-likeness (QED) is 0.908. The van der Waals surface area contributed by atoms with Crippen molar-refractivity contribution in [2.75, 3.05) is 13.1 Å². The molecule has 132 valence electrons. The number of hydrogen-bond donors (Lipinski definition) is 1. The summed E-state index contributed by atoms with van der Waals surface area (Å²) >= 11 is 0. The van der Waals surface area contributed by atoms with Crippen molar-refractivity contribution in [1.29, 1.82) is 0 Å². The molecule has 4 heteroatoms. The molecule has 3 rings (SSSR count). The molecule has 2 aromatic rings. The standard InChI is InChI=1S/C21H27N3O/c1-16-10-17(2)14-24(13-16)15-19-7-5-18(6-8-19)11-23-21(25)20-4-3-9-22-12-20/h3-9,12,16-17H,10-11,13-15H2,1-2H3,(H,23,25)/t16-,17-/m1/s1. The van der Waals surface area contributed by atoms with Gasteiger partial charge in [-0.1, -0.05) is 38.1 Å². The molecule has 2 heterocycles. The van der Waals surface area contributed by atoms with Crippen molar-refractivity contribution in [2.45, 2.75) is 33.4 Å². The van der Waals surface area contributed by atoms with Crippen molar-refractivity contribution in [3.63, 3.8) is 0 Å². The molecule has 1 aromatic heterocycles. The average Bonchev–Trinajstić information content (AvgIpc) is 2.61. The maximum atomic E-state index is 12.1. The van der Waals surface area contributed by atoms with Gasteiger partial charge in [0, 0.05) is 38.6 Å². The first-order valence-corrected chi connectivity index (χ1v) is 9.08. The molecule has 1 fully saturated rings. The number of likely N-dealkylation sites (tertiary alicyclic amines) is 1. The third-order valence-electron chi connectivity index (χ3n) is 4.75. The summed E-state index contributed by atoms with van der Waals surface area (Å²) in [5.41, 5.74) is 3.04. The van der Waals surface area contributed by atoms with Crippen LogP contribution in [0.5, 0.6) is 0 Å². The summed E-state index contributed by atoms with van der Waals surface area (Å²) in [6, 6.07) is 12.1. The molecular formula is C21H27N3O. The first-order chi connectivity index (χ1) is 12.1. The van der Waals surface area contributed by atoms with Gasteiger partial charge >= 0.3 is 0 Å². The largest absolute Gasteiger partial charge is 0.348 e. The van der Waals surface area contributed by atoms with Crippen molar-refractivity contribution < 1.29 is 4.79 Å². The Bertz CT molecular complexity index is 674. The van der Waals surface area contributed by atoms with Crippen LogP contribution in [0.4, 0.5) is 0 Å². The SMILES string of the molecule is C[C@@H]1C[C@@H](C)CN(Cc2ccc(CNC(=O)c3cccnc3)cc2)C1. The van der Waals surface area contributed by atoms with Gasteiger partial charge < -0.3 is 5.32 Å². The number of carbonyl (C=O) groups is 1. The highest BCUT2D eigenvalue weighted by molar-refractivity contribution is 5.93. The second-order valence-electron chi connectivity index (χ2n) is 7.38. The Balaban J connectivity index is 1.51. The van der Waals surface area contributed by atoms with E-state index in [9.17, 15) is 4.79 Å². The molecule has 0 aliphatic carbocycles. The summed E-state index contributed by atoms with van der Waals surface area (Å²) in [6.07, 6.45) is 4.59. The van der Waals surface area contributed by atoms with Crippen molar-refractivity contribution in [3.05, 3.63) is 65.5 Å². The molecule has 0 saturated carbocycles. The van der Waals surface area contributed by atoms with Crippen molar-refractivity contribution in [2.24, 2.45) is 11.8 Å². The molecule has 0 spiro atoms. The highest BCUT2D eigenvalue weighted by Crippen LogP contribution is 2.22. The predicted molar refractivity (Wildman–Crippen MR) is 100 cm³/mol. The Morgan fingerprint density at radius 1 is 1.12 bits per heavy atom. The summed E-state index contributed by atoms with van der Waals surface area (Å²) in [5.74, 6) is 1.48. The lowest BCUT2D eigenvalue weighted by Crippen LogP contribution is -2.38. The maximum Gasteiger partial charge on any atom is 0.253 e. The summed E-state index contributed by atoms with van der Waals surface area (Å²) in [6.45, 7) is 8.61. The topological polar surface area (TPSA) is 45.2 Å². The van der Waals surface area contributed by atoms with Gasteiger partial charge in [0.25, 0.3) is 5.91 Å². The van der Waals surface area contributed by atoms with Gasteiger partial charge in [-0.2, -0.15) is 0 Å². The number of carbonyl (C=O) groups excluding carboxylic acids is 1. The third-order valence-corrected chi connectivity index (χ3v) is 4.75. The molecule has 1 aliphatic rings. The van der Waals surface area contributed by atoms with Gasteiger partial charge in [-0.15, -0.1) is 0 Å². The zero-order chi connectivity index (χ0) is 17.6. The number of nitrogens with one attached hydrogen (secondary N) is 1. The van der Waals surface area contributed by atoms with Crippen LogP contribution in [0.3, 0.4) is 0 Å². The number of aromatic nitrogens is 1. The van der Waals surface area contributed by atoms with E-state index in [0.717, 1.165) is 23.9 Å². The first-order valence-electron chi connectivity index (χ1n) is 9.08. The van der Waals surface area contributed by atoms with Gasteiger partial charge in [0.05, 0.1) is 5.56 Å². The number of nitrogens with zero attached hydrogens (tertiary/aromatic N) is 2. The number of hydrogen-bond acceptors (Lipinski definition) is 3. The normalized spacial score (nSPS) is 21.0. The lowest BCUT2D eigenvalue weighted by atomic mass is 9.91. The fourth-order valence-electron chi connectivity index (χ4n) is 3.72. The minimum absolute atomic E-state index is 0.0894. The average molecular weight is 337 g/mol. The number of rotatable bonds is 5. The molecule has 0 radical (unpaired) electrons. The molecule has 0 bridgehead atoms. The van der Waals surface area contributed by atoms with E-state index in [-0.39, 0.29) is 5.91 Å². The minimum atomic E-state index is -0.0894. The fourth-order valence-corrected chi connectivity index (χ4v) is 3.72. The second-order valence-corrected chi connectivity index (χ2v) is 7.38. The van der Waals surface area contributed by atoms with Crippen LogP contribution in [0.25, 0.3) is 0 Å². The Labute approximate surface area is 150 Å². The lowest BCUT2D eigenvalue weighted by Gasteiger charge is -2.35. The summed E-state index contributed by atoms with van der Waals surface area (Å²) < 4.78 is 0. The van der Waals surface area contributed by atoms with E-state index < -0.39 is 0 Å². The van der Waals surface area contributed by atoms with Crippen LogP contribution in [-0.4, -0.2) is 28.9 Å². The molecule has 1 aromatic carbocycles. The van der Waals surface area contributed by atoms with Gasteiger partial charge in [-0.3, -0.25) is 14.7 Å². The van der Waals surface area contributed by atoms with Crippen LogP contribution >= 0.6 is 0 Å². The van der Waals surface area contributed by atoms with Gasteiger partial charge in [0.15, 0.2) is 0 Å². The molecule has 1 N–H and O–H groups in total. The maximum absolute atomic E-state index is 12.1. The lowest BCUT2D eigenvalue weighted by molar-refractivity contribution is 0.0950. The van der Waals surface area contributed by atoms with E-state index in [1.165, 1.54) is 25.1 Å². The van der Waals surface area contributed by atoms with Crippen LogP contribution in [0.1, 0.15) is 41.8 Å². The van der Waals surface area contributed by atoms with E-state index >= 15 is 0 Å². The highest BCUT2D eigenvalue weighted by atomic mass is 16.1. The Morgan fingerprint density at radius 3 is 2.44 bits per heavy atom. The molecule has 1 saturated heterocycles. The van der Waals surface area contributed by atoms with Gasteiger partial charge in [-0.25, -0.2) is 0 Å². The zero-order valence-corrected chi connectivity index (χ0v) is 15.1. The molecule has 1 amide bonds. The summed E-state index contributed by atoms with van der Waals surface area (Å²) in [7, 11) is 0. The van der Waals surface area contributed by atoms with Crippen LogP contribution in [0, 0.1) is 11.8 Å². The van der Waals surface area contributed by atoms with E-state index in [1.807, 2.05) is 0 Å². The Kier molecular flexibility index (Phi) is 5.82. The number of amides is 1. The van der Waals surface area contributed by atoms with Crippen LogP contribution in [0.15, 0.2) is 48.8 Å². The van der Waals surface area contributed by atoms with E-state index in [1.54, 1.807) is 24.5 Å². The monoisotopic (exact) mass is 337 g/mol. The summed E-state index contributed by atoms with van der Waals surface area (Å²) in [4.78, 5) is 18.6. The molecule has 4 nitrogen and oxygen atoms in total. The highest BCUT2D eigenvalue weighted by Gasteiger charge is 2.21. The smallest absolute Gasteiger partial charge is 0.253 e. The second kappa shape index (κ2) is 8.26. The van der Waals surface area contributed by atoms with E-state index in [0.29, 0.717) is 12.1 Å². The van der Waals surface area contributed by atoms with Gasteiger partial charge in [0.1, 0.15) is 0 Å². The van der Waals surface area contributed by atoms with Crippen LogP contribution < -0.4 is 5.32 Å². The van der Waals surface area contributed by atoms with Crippen molar-refractivity contribution in [3.8, 4) is 0 Å². The molecule has 2 atom stereocenters. The van der Waals surface area contributed by atoms with Gasteiger partial charge in [0.2, 0.25) is 0 Å². The summed E-state index contributed by atoms with van der Waals surface area (Å²) in [5, 5.41) is 2.94. The minimum Gasteiger partial charge on any atom is -0.348 e.